The zero-order valence-corrected chi connectivity index (χ0v) is 17.7. The van der Waals surface area contributed by atoms with Gasteiger partial charge in [-0.2, -0.15) is 18.3 Å². The topological polar surface area (TPSA) is 106 Å². The molecule has 0 radical (unpaired) electrons. The Balaban J connectivity index is 1.61. The minimum Gasteiger partial charge on any atom is -0.394 e. The number of anilines is 1. The van der Waals surface area contributed by atoms with Gasteiger partial charge in [-0.05, 0) is 55.3 Å². The third kappa shape index (κ3) is 4.53. The molecule has 3 aromatic heterocycles. The van der Waals surface area contributed by atoms with Crippen LogP contribution in [0.25, 0.3) is 22.4 Å². The minimum atomic E-state index is -4.55. The molecule has 0 fully saturated rings. The first-order chi connectivity index (χ1) is 15.7. The van der Waals surface area contributed by atoms with E-state index in [4.69, 9.17) is 5.11 Å². The fourth-order valence-electron chi connectivity index (χ4n) is 3.40. The molecule has 4 rings (SSSR count). The van der Waals surface area contributed by atoms with Gasteiger partial charge in [0, 0.05) is 17.4 Å². The Hall–Kier alpha value is -3.86. The molecule has 0 aliphatic heterocycles. The molecule has 0 spiro atoms. The number of aryl methyl sites for hydroxylation is 2. The van der Waals surface area contributed by atoms with Gasteiger partial charge in [-0.25, -0.2) is 15.0 Å². The molecule has 0 aliphatic carbocycles. The van der Waals surface area contributed by atoms with Gasteiger partial charge in [-0.3, -0.25) is 9.48 Å². The number of amides is 1. The number of halogens is 3. The van der Waals surface area contributed by atoms with Crippen molar-refractivity contribution in [2.24, 2.45) is 0 Å². The van der Waals surface area contributed by atoms with Crippen LogP contribution < -0.4 is 5.32 Å². The molecule has 2 N–H and O–H groups in total. The monoisotopic (exact) mass is 456 g/mol. The second kappa shape index (κ2) is 8.58. The van der Waals surface area contributed by atoms with Crippen molar-refractivity contribution in [2.45, 2.75) is 26.6 Å². The molecule has 1 amide bonds. The zero-order chi connectivity index (χ0) is 23.8. The molecule has 0 aliphatic rings. The van der Waals surface area contributed by atoms with Gasteiger partial charge in [0.05, 0.1) is 24.9 Å². The average molecular weight is 456 g/mol. The van der Waals surface area contributed by atoms with Crippen LogP contribution in [0.4, 0.5) is 18.9 Å². The smallest absolute Gasteiger partial charge is 0.394 e. The normalized spacial score (nSPS) is 11.7. The fraction of sp³-hybridized carbons (Fsp3) is 0.227. The number of carbonyl (C=O) groups is 1. The summed E-state index contributed by atoms with van der Waals surface area (Å²) in [6.45, 7) is 3.40. The van der Waals surface area contributed by atoms with Crippen LogP contribution in [-0.4, -0.2) is 42.4 Å². The predicted molar refractivity (Wildman–Crippen MR) is 115 cm³/mol. The van der Waals surface area contributed by atoms with Gasteiger partial charge < -0.3 is 10.4 Å². The van der Waals surface area contributed by atoms with Gasteiger partial charge in [0.15, 0.2) is 5.82 Å². The molecule has 0 saturated heterocycles. The highest BCUT2D eigenvalue weighted by molar-refractivity contribution is 6.03. The number of aliphatic hydroxyl groups is 1. The Morgan fingerprint density at radius 3 is 2.61 bits per heavy atom. The van der Waals surface area contributed by atoms with E-state index < -0.39 is 11.9 Å². The molecule has 170 valence electrons. The van der Waals surface area contributed by atoms with E-state index in [0.29, 0.717) is 33.8 Å². The van der Waals surface area contributed by atoms with Crippen molar-refractivity contribution in [2.75, 3.05) is 11.9 Å². The number of hydrogen-bond donors (Lipinski definition) is 2. The van der Waals surface area contributed by atoms with Gasteiger partial charge in [-0.1, -0.05) is 0 Å². The third-order valence-electron chi connectivity index (χ3n) is 5.02. The lowest BCUT2D eigenvalue weighted by molar-refractivity contribution is -0.141. The summed E-state index contributed by atoms with van der Waals surface area (Å²) in [7, 11) is 0. The first kappa shape index (κ1) is 22.3. The average Bonchev–Trinajstić information content (AvgIpc) is 3.23. The number of pyridine rings is 1. The summed E-state index contributed by atoms with van der Waals surface area (Å²) < 4.78 is 40.4. The Bertz CT molecular complexity index is 1350. The van der Waals surface area contributed by atoms with Crippen molar-refractivity contribution in [1.29, 1.82) is 0 Å². The summed E-state index contributed by atoms with van der Waals surface area (Å²) >= 11 is 0. The number of rotatable bonds is 5. The highest BCUT2D eigenvalue weighted by Gasteiger charge is 2.33. The summed E-state index contributed by atoms with van der Waals surface area (Å²) in [5, 5.41) is 15.9. The van der Waals surface area contributed by atoms with Crippen molar-refractivity contribution in [1.82, 2.24) is 24.7 Å². The number of carbonyl (C=O) groups excluding carboxylic acids is 1. The van der Waals surface area contributed by atoms with E-state index >= 15 is 0 Å². The van der Waals surface area contributed by atoms with E-state index in [0.717, 1.165) is 11.6 Å². The molecule has 0 unspecified atom stereocenters. The Kier molecular flexibility index (Phi) is 5.81. The van der Waals surface area contributed by atoms with Crippen molar-refractivity contribution in [3.63, 3.8) is 0 Å². The van der Waals surface area contributed by atoms with Gasteiger partial charge in [0.2, 0.25) is 0 Å². The summed E-state index contributed by atoms with van der Waals surface area (Å²) in [5.74, 6) is -0.0462. The molecule has 1 aromatic carbocycles. The molecular formula is C22H19F3N6O2. The van der Waals surface area contributed by atoms with Crippen molar-refractivity contribution >= 4 is 22.6 Å². The maximum atomic E-state index is 13.0. The van der Waals surface area contributed by atoms with Crippen LogP contribution in [-0.2, 0) is 12.7 Å². The van der Waals surface area contributed by atoms with Crippen LogP contribution in [0, 0.1) is 13.8 Å². The SMILES string of the molecule is Cc1cc(-c2ncc3nc(C(F)(F)F)cc(C)c3n2)ccc1NC(=O)c1ccnn1CCO. The first-order valence-electron chi connectivity index (χ1n) is 9.94. The highest BCUT2D eigenvalue weighted by Crippen LogP contribution is 2.31. The van der Waals surface area contributed by atoms with E-state index in [-0.39, 0.29) is 24.6 Å². The predicted octanol–water partition coefficient (Wildman–Crippen LogP) is 3.77. The molecule has 4 aromatic rings. The largest absolute Gasteiger partial charge is 0.433 e. The van der Waals surface area contributed by atoms with Crippen LogP contribution in [0.1, 0.15) is 27.3 Å². The Morgan fingerprint density at radius 2 is 1.91 bits per heavy atom. The first-order valence-corrected chi connectivity index (χ1v) is 9.94. The molecular weight excluding hydrogens is 437 g/mol. The van der Waals surface area contributed by atoms with Gasteiger partial charge in [0.1, 0.15) is 16.9 Å². The van der Waals surface area contributed by atoms with Crippen LogP contribution in [0.5, 0.6) is 0 Å². The second-order valence-corrected chi connectivity index (χ2v) is 7.40. The van der Waals surface area contributed by atoms with E-state index in [1.807, 2.05) is 0 Å². The quantitative estimate of drug-likeness (QED) is 0.474. The molecule has 11 heteroatoms. The third-order valence-corrected chi connectivity index (χ3v) is 5.02. The number of nitrogens with one attached hydrogen (secondary N) is 1. The summed E-state index contributed by atoms with van der Waals surface area (Å²) in [5.41, 5.74) is 2.00. The number of hydrogen-bond acceptors (Lipinski definition) is 6. The molecule has 33 heavy (non-hydrogen) atoms. The van der Waals surface area contributed by atoms with Crippen molar-refractivity contribution in [3.05, 3.63) is 65.2 Å². The van der Waals surface area contributed by atoms with Crippen molar-refractivity contribution in [3.8, 4) is 11.4 Å². The van der Waals surface area contributed by atoms with Crippen molar-refractivity contribution < 1.29 is 23.1 Å². The molecule has 3 heterocycles. The highest BCUT2D eigenvalue weighted by atomic mass is 19.4. The van der Waals surface area contributed by atoms with Crippen LogP contribution >= 0.6 is 0 Å². The van der Waals surface area contributed by atoms with Gasteiger partial charge in [-0.15, -0.1) is 0 Å². The number of aromatic nitrogens is 5. The zero-order valence-electron chi connectivity index (χ0n) is 17.7. The Labute approximate surface area is 186 Å². The maximum Gasteiger partial charge on any atom is 0.433 e. The summed E-state index contributed by atoms with van der Waals surface area (Å²) in [6.07, 6.45) is -1.80. The summed E-state index contributed by atoms with van der Waals surface area (Å²) in [6, 6.07) is 7.69. The van der Waals surface area contributed by atoms with Crippen LogP contribution in [0.2, 0.25) is 0 Å². The number of fused-ring (bicyclic) bond motifs is 1. The van der Waals surface area contributed by atoms with Gasteiger partial charge in [0.25, 0.3) is 5.91 Å². The number of alkyl halides is 3. The minimum absolute atomic E-state index is 0.0613. The second-order valence-electron chi connectivity index (χ2n) is 7.40. The Morgan fingerprint density at radius 1 is 1.12 bits per heavy atom. The van der Waals surface area contributed by atoms with E-state index in [2.05, 4.69) is 25.4 Å². The van der Waals surface area contributed by atoms with E-state index in [1.54, 1.807) is 38.1 Å². The standard InChI is InChI=1S/C22H19F3N6O2/c1-12-9-14(3-4-15(12)29-21(33)17-5-6-27-31(17)7-8-32)20-26-11-16-19(30-20)13(2)10-18(28-16)22(23,24)25/h3-6,9-11,32H,7-8H2,1-2H3,(H,29,33). The van der Waals surface area contributed by atoms with Crippen LogP contribution in [0.3, 0.4) is 0 Å². The van der Waals surface area contributed by atoms with E-state index in [9.17, 15) is 18.0 Å². The maximum absolute atomic E-state index is 13.0. The van der Waals surface area contributed by atoms with Crippen LogP contribution in [0.15, 0.2) is 42.7 Å². The lowest BCUT2D eigenvalue weighted by Gasteiger charge is -2.12. The molecule has 0 atom stereocenters. The van der Waals surface area contributed by atoms with Gasteiger partial charge >= 0.3 is 6.18 Å². The molecule has 0 saturated carbocycles. The molecule has 0 bridgehead atoms. The lowest BCUT2D eigenvalue weighted by atomic mass is 10.1. The number of benzene rings is 1. The number of nitrogens with zero attached hydrogens (tertiary/aromatic N) is 5. The summed E-state index contributed by atoms with van der Waals surface area (Å²) in [4.78, 5) is 24.8. The fourth-order valence-corrected chi connectivity index (χ4v) is 3.40. The lowest BCUT2D eigenvalue weighted by Crippen LogP contribution is -2.19. The molecule has 8 nitrogen and oxygen atoms in total. The number of aliphatic hydroxyl groups excluding tert-OH is 1. The van der Waals surface area contributed by atoms with E-state index in [1.165, 1.54) is 17.1 Å².